The molecule has 3 N–H and O–H groups in total. The van der Waals surface area contributed by atoms with Gasteiger partial charge >= 0.3 is 6.36 Å². The molecule has 3 nitrogen and oxygen atoms in total. The average Bonchev–Trinajstić information content (AvgIpc) is 3.03. The van der Waals surface area contributed by atoms with Gasteiger partial charge in [-0.1, -0.05) is 18.2 Å². The molecule has 100 valence electrons. The first-order chi connectivity index (χ1) is 8.42. The third-order valence-electron chi connectivity index (χ3n) is 3.43. The van der Waals surface area contributed by atoms with E-state index in [9.17, 15) is 18.3 Å². The van der Waals surface area contributed by atoms with Gasteiger partial charge in [0.15, 0.2) is 0 Å². The van der Waals surface area contributed by atoms with E-state index in [4.69, 9.17) is 5.73 Å². The molecule has 1 saturated carbocycles. The van der Waals surface area contributed by atoms with Crippen LogP contribution in [0.1, 0.15) is 17.9 Å². The lowest BCUT2D eigenvalue weighted by Crippen LogP contribution is -2.22. The fourth-order valence-corrected chi connectivity index (χ4v) is 2.24. The Balaban J connectivity index is 2.25. The van der Waals surface area contributed by atoms with Gasteiger partial charge in [0.25, 0.3) is 0 Å². The van der Waals surface area contributed by atoms with Crippen LogP contribution < -0.4 is 10.5 Å². The first-order valence-electron chi connectivity index (χ1n) is 5.57. The maximum atomic E-state index is 12.3. The molecule has 18 heavy (non-hydrogen) atoms. The molecular formula is C12H14F3NO2. The lowest BCUT2D eigenvalue weighted by atomic mass is 9.99. The summed E-state index contributed by atoms with van der Waals surface area (Å²) in [7, 11) is 0. The number of hydrogen-bond donors (Lipinski definition) is 2. The van der Waals surface area contributed by atoms with Gasteiger partial charge in [-0.2, -0.15) is 0 Å². The Kier molecular flexibility index (Phi) is 3.25. The third kappa shape index (κ3) is 2.44. The fourth-order valence-electron chi connectivity index (χ4n) is 2.24. The SMILES string of the molecule is NC[C@@]1(CO)C[C@@H]1c1ccccc1OC(F)(F)F. The standard InChI is InChI=1S/C12H14F3NO2/c13-12(14,15)18-10-4-2-1-3-8(10)9-5-11(9,6-16)7-17/h1-4,9,17H,5-7,16H2/t9-,11-/m1/s1. The van der Waals surface area contributed by atoms with Crippen LogP contribution in [0.4, 0.5) is 13.2 Å². The molecule has 1 aromatic rings. The van der Waals surface area contributed by atoms with Crippen LogP contribution in [0.3, 0.4) is 0 Å². The van der Waals surface area contributed by atoms with E-state index in [-0.39, 0.29) is 24.8 Å². The van der Waals surface area contributed by atoms with Crippen LogP contribution in [-0.4, -0.2) is 24.6 Å². The number of ether oxygens (including phenoxy) is 1. The van der Waals surface area contributed by atoms with Crippen molar-refractivity contribution in [3.8, 4) is 5.75 Å². The summed E-state index contributed by atoms with van der Waals surface area (Å²) in [6, 6.07) is 5.99. The Morgan fingerprint density at radius 2 is 2.06 bits per heavy atom. The van der Waals surface area contributed by atoms with Crippen molar-refractivity contribution in [3.63, 3.8) is 0 Å². The van der Waals surface area contributed by atoms with E-state index < -0.39 is 11.8 Å². The van der Waals surface area contributed by atoms with Crippen LogP contribution >= 0.6 is 0 Å². The summed E-state index contributed by atoms with van der Waals surface area (Å²) < 4.78 is 40.8. The summed E-state index contributed by atoms with van der Waals surface area (Å²) >= 11 is 0. The molecule has 0 spiro atoms. The number of hydrogen-bond acceptors (Lipinski definition) is 3. The lowest BCUT2D eigenvalue weighted by molar-refractivity contribution is -0.274. The number of nitrogens with two attached hydrogens (primary N) is 1. The van der Waals surface area contributed by atoms with E-state index in [2.05, 4.69) is 4.74 Å². The highest BCUT2D eigenvalue weighted by Gasteiger charge is 2.54. The zero-order valence-electron chi connectivity index (χ0n) is 9.57. The van der Waals surface area contributed by atoms with Gasteiger partial charge in [-0.3, -0.25) is 0 Å². The Bertz CT molecular complexity index is 430. The molecule has 0 saturated heterocycles. The zero-order valence-corrected chi connectivity index (χ0v) is 9.57. The number of aliphatic hydroxyl groups excluding tert-OH is 1. The summed E-state index contributed by atoms with van der Waals surface area (Å²) in [6.45, 7) is 0.114. The van der Waals surface area contributed by atoms with Crippen molar-refractivity contribution in [3.05, 3.63) is 29.8 Å². The van der Waals surface area contributed by atoms with E-state index in [0.29, 0.717) is 12.0 Å². The van der Waals surface area contributed by atoms with Gasteiger partial charge in [0.2, 0.25) is 0 Å². The van der Waals surface area contributed by atoms with E-state index in [0.717, 1.165) is 0 Å². The Hall–Kier alpha value is -1.27. The predicted octanol–water partition coefficient (Wildman–Crippen LogP) is 2.01. The average molecular weight is 261 g/mol. The molecule has 0 heterocycles. The van der Waals surface area contributed by atoms with Gasteiger partial charge in [0.1, 0.15) is 5.75 Å². The van der Waals surface area contributed by atoms with Crippen molar-refractivity contribution < 1.29 is 23.0 Å². The van der Waals surface area contributed by atoms with Gasteiger partial charge in [0, 0.05) is 12.0 Å². The van der Waals surface area contributed by atoms with Crippen molar-refractivity contribution in [2.75, 3.05) is 13.2 Å². The summed E-state index contributed by atoms with van der Waals surface area (Å²) in [5, 5.41) is 9.27. The van der Waals surface area contributed by atoms with Crippen LogP contribution in [0.2, 0.25) is 0 Å². The first kappa shape index (κ1) is 13.2. The second kappa shape index (κ2) is 4.44. The van der Waals surface area contributed by atoms with E-state index >= 15 is 0 Å². The van der Waals surface area contributed by atoms with Gasteiger partial charge in [-0.25, -0.2) is 0 Å². The molecule has 0 bridgehead atoms. The molecule has 1 aromatic carbocycles. The zero-order chi connectivity index (χ0) is 13.4. The molecule has 0 amide bonds. The van der Waals surface area contributed by atoms with Crippen molar-refractivity contribution >= 4 is 0 Å². The van der Waals surface area contributed by atoms with Crippen molar-refractivity contribution in [1.82, 2.24) is 0 Å². The maximum absolute atomic E-state index is 12.3. The van der Waals surface area contributed by atoms with Gasteiger partial charge < -0.3 is 15.6 Å². The minimum atomic E-state index is -4.71. The number of alkyl halides is 3. The molecule has 1 fully saturated rings. The minimum Gasteiger partial charge on any atom is -0.405 e. The second-order valence-corrected chi connectivity index (χ2v) is 4.57. The molecule has 1 aliphatic carbocycles. The maximum Gasteiger partial charge on any atom is 0.573 e. The molecule has 1 aliphatic rings. The van der Waals surface area contributed by atoms with Crippen molar-refractivity contribution in [2.45, 2.75) is 18.7 Å². The van der Waals surface area contributed by atoms with Gasteiger partial charge in [0.05, 0.1) is 6.61 Å². The Labute approximate surface area is 102 Å². The van der Waals surface area contributed by atoms with Crippen LogP contribution in [0.5, 0.6) is 5.75 Å². The smallest absolute Gasteiger partial charge is 0.405 e. The fraction of sp³-hybridized carbons (Fsp3) is 0.500. The summed E-state index contributed by atoms with van der Waals surface area (Å²) in [6.07, 6.45) is -4.13. The van der Waals surface area contributed by atoms with Crippen LogP contribution in [0, 0.1) is 5.41 Å². The number of rotatable bonds is 4. The monoisotopic (exact) mass is 261 g/mol. The predicted molar refractivity (Wildman–Crippen MR) is 59.1 cm³/mol. The number of benzene rings is 1. The van der Waals surface area contributed by atoms with E-state index in [1.54, 1.807) is 12.1 Å². The summed E-state index contributed by atoms with van der Waals surface area (Å²) in [5.74, 6) is -0.384. The minimum absolute atomic E-state index is 0.130. The van der Waals surface area contributed by atoms with Crippen LogP contribution in [0.25, 0.3) is 0 Å². The number of para-hydroxylation sites is 1. The quantitative estimate of drug-likeness (QED) is 0.871. The molecule has 0 aliphatic heterocycles. The number of halogens is 3. The van der Waals surface area contributed by atoms with Gasteiger partial charge in [-0.15, -0.1) is 13.2 Å². The summed E-state index contributed by atoms with van der Waals surface area (Å²) in [4.78, 5) is 0. The molecule has 0 aromatic heterocycles. The van der Waals surface area contributed by atoms with Crippen molar-refractivity contribution in [1.29, 1.82) is 0 Å². The molecule has 0 unspecified atom stereocenters. The highest BCUT2D eigenvalue weighted by Crippen LogP contribution is 2.60. The Morgan fingerprint density at radius 3 is 2.56 bits per heavy atom. The van der Waals surface area contributed by atoms with Gasteiger partial charge in [-0.05, 0) is 24.0 Å². The Morgan fingerprint density at radius 1 is 1.39 bits per heavy atom. The molecular weight excluding hydrogens is 247 g/mol. The molecule has 2 atom stereocenters. The third-order valence-corrected chi connectivity index (χ3v) is 3.43. The topological polar surface area (TPSA) is 55.5 Å². The van der Waals surface area contributed by atoms with Crippen LogP contribution in [-0.2, 0) is 0 Å². The molecule has 2 rings (SSSR count). The second-order valence-electron chi connectivity index (χ2n) is 4.57. The molecule has 6 heteroatoms. The first-order valence-corrected chi connectivity index (χ1v) is 5.57. The highest BCUT2D eigenvalue weighted by molar-refractivity contribution is 5.42. The van der Waals surface area contributed by atoms with E-state index in [1.807, 2.05) is 0 Å². The van der Waals surface area contributed by atoms with Crippen molar-refractivity contribution in [2.24, 2.45) is 11.1 Å². The number of aliphatic hydroxyl groups is 1. The van der Waals surface area contributed by atoms with E-state index in [1.165, 1.54) is 12.1 Å². The summed E-state index contributed by atoms with van der Waals surface area (Å²) in [5.41, 5.74) is 5.52. The largest absolute Gasteiger partial charge is 0.573 e. The lowest BCUT2D eigenvalue weighted by Gasteiger charge is -2.16. The normalized spacial score (nSPS) is 27.1. The molecule has 0 radical (unpaired) electrons. The highest BCUT2D eigenvalue weighted by atomic mass is 19.4. The van der Waals surface area contributed by atoms with Crippen LogP contribution in [0.15, 0.2) is 24.3 Å².